The number of hydrogen-bond acceptors (Lipinski definition) is 8. The summed E-state index contributed by atoms with van der Waals surface area (Å²) in [5.41, 5.74) is 0.685. The number of carbonyl (C=O) groups excluding carboxylic acids is 1. The second kappa shape index (κ2) is 13.8. The first kappa shape index (κ1) is 32.1. The van der Waals surface area contributed by atoms with Crippen LogP contribution in [0.25, 0.3) is 0 Å². The monoisotopic (exact) mass is 585 g/mol. The van der Waals surface area contributed by atoms with Crippen molar-refractivity contribution in [2.45, 2.75) is 31.3 Å². The third kappa shape index (κ3) is 10.2. The van der Waals surface area contributed by atoms with Gasteiger partial charge in [0.15, 0.2) is 5.82 Å². The smallest absolute Gasteiger partial charge is 0.475 e. The second-order valence-electron chi connectivity index (χ2n) is 8.34. The molecule has 0 spiro atoms. The van der Waals surface area contributed by atoms with Gasteiger partial charge in [0, 0.05) is 25.2 Å². The van der Waals surface area contributed by atoms with E-state index in [4.69, 9.17) is 24.5 Å². The Balaban J connectivity index is 0.000000333. The van der Waals surface area contributed by atoms with Crippen LogP contribution in [0.15, 0.2) is 36.9 Å². The number of aliphatic carboxylic acids is 2. The van der Waals surface area contributed by atoms with E-state index in [9.17, 15) is 35.5 Å². The highest BCUT2D eigenvalue weighted by Crippen LogP contribution is 2.33. The molecule has 18 heteroatoms. The second-order valence-corrected chi connectivity index (χ2v) is 8.34. The van der Waals surface area contributed by atoms with Crippen molar-refractivity contribution >= 4 is 29.5 Å². The molecule has 2 aromatic heterocycles. The number of aromatic nitrogens is 3. The van der Waals surface area contributed by atoms with Crippen LogP contribution < -0.4 is 10.2 Å². The van der Waals surface area contributed by atoms with Crippen molar-refractivity contribution in [1.29, 1.82) is 0 Å². The Hall–Kier alpha value is -4.09. The first-order chi connectivity index (χ1) is 18.6. The van der Waals surface area contributed by atoms with Crippen molar-refractivity contribution in [2.24, 2.45) is 11.8 Å². The number of nitrogens with zero attached hydrogens (tertiary/aromatic N) is 4. The number of amides is 1. The molecule has 2 saturated heterocycles. The molecule has 0 unspecified atom stereocenters. The molecule has 2 aliphatic rings. The van der Waals surface area contributed by atoms with E-state index in [1.807, 2.05) is 11.0 Å². The van der Waals surface area contributed by atoms with E-state index >= 15 is 0 Å². The lowest BCUT2D eigenvalue weighted by Gasteiger charge is -2.43. The molecule has 11 nitrogen and oxygen atoms in total. The largest absolute Gasteiger partial charge is 0.490 e. The highest BCUT2D eigenvalue weighted by atomic mass is 19.4. The molecule has 0 bridgehead atoms. The lowest BCUT2D eigenvalue weighted by Crippen LogP contribution is -2.50. The Labute approximate surface area is 221 Å². The summed E-state index contributed by atoms with van der Waals surface area (Å²) in [5.74, 6) is -5.48. The maximum Gasteiger partial charge on any atom is 0.490 e. The summed E-state index contributed by atoms with van der Waals surface area (Å²) in [6, 6.07) is 3.59. The number of fused-ring (bicyclic) bond motifs is 1. The maximum atomic E-state index is 13.0. The van der Waals surface area contributed by atoms with Crippen molar-refractivity contribution in [3.05, 3.63) is 42.7 Å². The van der Waals surface area contributed by atoms with Crippen molar-refractivity contribution in [3.63, 3.8) is 0 Å². The lowest BCUT2D eigenvalue weighted by molar-refractivity contribution is -0.193. The van der Waals surface area contributed by atoms with Gasteiger partial charge in [0.2, 0.25) is 11.9 Å². The molecule has 0 aromatic carbocycles. The van der Waals surface area contributed by atoms with Crippen molar-refractivity contribution in [2.75, 3.05) is 29.9 Å². The first-order valence-corrected chi connectivity index (χ1v) is 11.2. The van der Waals surface area contributed by atoms with Crippen LogP contribution in [0, 0.1) is 17.7 Å². The van der Waals surface area contributed by atoms with E-state index in [1.165, 1.54) is 12.4 Å². The summed E-state index contributed by atoms with van der Waals surface area (Å²) in [6.45, 7) is 1.90. The molecule has 0 aliphatic carbocycles. The number of anilines is 2. The molecule has 2 fully saturated rings. The van der Waals surface area contributed by atoms with Gasteiger partial charge in [-0.1, -0.05) is 0 Å². The fourth-order valence-electron chi connectivity index (χ4n) is 3.64. The van der Waals surface area contributed by atoms with Gasteiger partial charge >= 0.3 is 24.3 Å². The minimum absolute atomic E-state index is 0.0494. The summed E-state index contributed by atoms with van der Waals surface area (Å²) < 4.78 is 82.5. The van der Waals surface area contributed by atoms with Crippen molar-refractivity contribution in [1.82, 2.24) is 15.0 Å². The van der Waals surface area contributed by atoms with Crippen LogP contribution in [-0.4, -0.2) is 81.2 Å². The Morgan fingerprint density at radius 3 is 2.08 bits per heavy atom. The predicted molar refractivity (Wildman–Crippen MR) is 120 cm³/mol. The number of hydrogen-bond donors (Lipinski definition) is 3. The molecule has 2 aliphatic heterocycles. The van der Waals surface area contributed by atoms with Crippen LogP contribution in [0.4, 0.5) is 42.4 Å². The molecule has 3 N–H and O–H groups in total. The molecule has 220 valence electrons. The highest BCUT2D eigenvalue weighted by Gasteiger charge is 2.40. The zero-order valence-corrected chi connectivity index (χ0v) is 20.2. The third-order valence-electron chi connectivity index (χ3n) is 5.44. The number of carbonyl (C=O) groups is 3. The van der Waals surface area contributed by atoms with Crippen molar-refractivity contribution in [3.8, 4) is 0 Å². The van der Waals surface area contributed by atoms with Gasteiger partial charge in [-0.15, -0.1) is 0 Å². The number of piperidine rings is 1. The number of nitrogens with one attached hydrogen (secondary N) is 1. The molecule has 40 heavy (non-hydrogen) atoms. The standard InChI is InChI=1S/C18H20FN5O2.2C2HF3O2/c19-14-7-21-18(22-8-14)24-5-3-16-12(10-24)6-13(11-26-16)17(25)23-15-2-1-4-20-9-15;2*3-2(4,5)1(6)7/h1-2,4,7-9,12-13,16H,3,5-6,10-11H2,(H,23,25);2*(H,6,7)/t12-,13-,16+;;/m1../s1. The van der Waals surface area contributed by atoms with Crippen LogP contribution in [-0.2, 0) is 19.1 Å². The van der Waals surface area contributed by atoms with E-state index in [-0.39, 0.29) is 23.8 Å². The van der Waals surface area contributed by atoms with Crippen LogP contribution in [0.2, 0.25) is 0 Å². The summed E-state index contributed by atoms with van der Waals surface area (Å²) in [5, 5.41) is 17.1. The summed E-state index contributed by atoms with van der Waals surface area (Å²) in [7, 11) is 0. The van der Waals surface area contributed by atoms with Gasteiger partial charge < -0.3 is 25.2 Å². The number of pyridine rings is 1. The summed E-state index contributed by atoms with van der Waals surface area (Å²) in [6.07, 6.45) is -2.78. The Morgan fingerprint density at radius 2 is 1.57 bits per heavy atom. The molecular weight excluding hydrogens is 563 g/mol. The van der Waals surface area contributed by atoms with E-state index in [1.54, 1.807) is 18.5 Å². The number of ether oxygens (including phenoxy) is 1. The Kier molecular flexibility index (Phi) is 11.1. The quantitative estimate of drug-likeness (QED) is 0.458. The topological polar surface area (TPSA) is 155 Å². The highest BCUT2D eigenvalue weighted by molar-refractivity contribution is 5.92. The van der Waals surface area contributed by atoms with Gasteiger partial charge in [0.05, 0.1) is 42.9 Å². The number of halogens is 7. The van der Waals surface area contributed by atoms with Gasteiger partial charge in [-0.25, -0.2) is 23.9 Å². The van der Waals surface area contributed by atoms with E-state index < -0.39 is 30.1 Å². The van der Waals surface area contributed by atoms with E-state index in [0.29, 0.717) is 24.8 Å². The number of alkyl halides is 6. The molecular formula is C22H22F7N5O6. The van der Waals surface area contributed by atoms with Gasteiger partial charge in [-0.2, -0.15) is 26.3 Å². The molecule has 0 radical (unpaired) electrons. The molecule has 4 rings (SSSR count). The molecule has 1 amide bonds. The van der Waals surface area contributed by atoms with Crippen LogP contribution in [0.5, 0.6) is 0 Å². The predicted octanol–water partition coefficient (Wildman–Crippen LogP) is 3.15. The molecule has 0 saturated carbocycles. The van der Waals surface area contributed by atoms with Crippen LogP contribution in [0.1, 0.15) is 12.8 Å². The average Bonchev–Trinajstić information content (AvgIpc) is 2.88. The van der Waals surface area contributed by atoms with E-state index in [2.05, 4.69) is 20.3 Å². The zero-order chi connectivity index (χ0) is 30.1. The number of carboxylic acid groups (broad SMARTS) is 2. The van der Waals surface area contributed by atoms with Gasteiger partial charge in [-0.05, 0) is 25.0 Å². The maximum absolute atomic E-state index is 13.0. The fourth-order valence-corrected chi connectivity index (χ4v) is 3.64. The summed E-state index contributed by atoms with van der Waals surface area (Å²) in [4.78, 5) is 44.5. The van der Waals surface area contributed by atoms with Gasteiger partial charge in [-0.3, -0.25) is 9.78 Å². The fraction of sp³-hybridized carbons (Fsp3) is 0.455. The van der Waals surface area contributed by atoms with Crippen LogP contribution in [0.3, 0.4) is 0 Å². The minimum atomic E-state index is -5.08. The molecule has 3 atom stereocenters. The van der Waals surface area contributed by atoms with E-state index in [0.717, 1.165) is 19.4 Å². The SMILES string of the molecule is O=C(Nc1cccnc1)[C@H]1CO[C@H]2CCN(c3ncc(F)cn3)C[C@H]2C1.O=C(O)C(F)(F)F.O=C(O)C(F)(F)F. The van der Waals surface area contributed by atoms with Crippen molar-refractivity contribution < 1.29 is 60.1 Å². The average molecular weight is 585 g/mol. The Bertz CT molecular complexity index is 1110. The molecule has 4 heterocycles. The normalized spacial score (nSPS) is 20.5. The van der Waals surface area contributed by atoms with Gasteiger partial charge in [0.25, 0.3) is 0 Å². The zero-order valence-electron chi connectivity index (χ0n) is 20.2. The third-order valence-corrected chi connectivity index (χ3v) is 5.44. The summed E-state index contributed by atoms with van der Waals surface area (Å²) >= 11 is 0. The van der Waals surface area contributed by atoms with Gasteiger partial charge in [0.1, 0.15) is 0 Å². The number of carboxylic acids is 2. The Morgan fingerprint density at radius 1 is 1.00 bits per heavy atom. The molecule has 2 aromatic rings. The minimum Gasteiger partial charge on any atom is -0.475 e. The number of rotatable bonds is 3. The first-order valence-electron chi connectivity index (χ1n) is 11.2. The lowest BCUT2D eigenvalue weighted by atomic mass is 9.83. The van der Waals surface area contributed by atoms with Crippen LogP contribution >= 0.6 is 0 Å².